The molecule has 1 aliphatic rings. The molecule has 1 heterocycles. The van der Waals surface area contributed by atoms with Crippen LogP contribution in [0.4, 0.5) is 0 Å². The van der Waals surface area contributed by atoms with Crippen molar-refractivity contribution in [1.82, 2.24) is 9.78 Å². The quantitative estimate of drug-likeness (QED) is 0.808. The van der Waals surface area contributed by atoms with Gasteiger partial charge in [0.15, 0.2) is 0 Å². The number of hydrogen-bond acceptors (Lipinski definition) is 2. The monoisotopic (exact) mass is 202 g/mol. The van der Waals surface area contributed by atoms with Crippen LogP contribution in [-0.4, -0.2) is 21.5 Å². The van der Waals surface area contributed by atoms with Crippen LogP contribution in [-0.2, 0) is 0 Å². The van der Waals surface area contributed by atoms with Gasteiger partial charge in [-0.1, -0.05) is 18.2 Å². The van der Waals surface area contributed by atoms with E-state index in [1.807, 2.05) is 18.2 Å². The fourth-order valence-electron chi connectivity index (χ4n) is 2.24. The van der Waals surface area contributed by atoms with E-state index < -0.39 is 0 Å². The largest absolute Gasteiger partial charge is 0.396 e. The Labute approximate surface area is 88.3 Å². The van der Waals surface area contributed by atoms with E-state index in [-0.39, 0.29) is 0 Å². The molecule has 0 saturated heterocycles. The third-order valence-corrected chi connectivity index (χ3v) is 3.27. The van der Waals surface area contributed by atoms with Crippen molar-refractivity contribution in [2.24, 2.45) is 5.92 Å². The number of hydrogen-bond donors (Lipinski definition) is 1. The third-order valence-electron chi connectivity index (χ3n) is 3.27. The van der Waals surface area contributed by atoms with Crippen LogP contribution in [0.1, 0.15) is 18.9 Å². The Balaban J connectivity index is 1.87. The molecule has 1 aromatic heterocycles. The summed E-state index contributed by atoms with van der Waals surface area (Å²) in [6.07, 6.45) is 4.22. The molecule has 0 aliphatic heterocycles. The number of rotatable bonds is 2. The Hall–Kier alpha value is -1.35. The third kappa shape index (κ3) is 1.43. The van der Waals surface area contributed by atoms with Gasteiger partial charge in [0, 0.05) is 18.2 Å². The van der Waals surface area contributed by atoms with Crippen molar-refractivity contribution in [3.8, 4) is 0 Å². The zero-order valence-corrected chi connectivity index (χ0v) is 8.50. The number of aliphatic hydroxyl groups excluding tert-OH is 1. The lowest BCUT2D eigenvalue weighted by molar-refractivity contribution is 0.106. The summed E-state index contributed by atoms with van der Waals surface area (Å²) in [4.78, 5) is 0. The summed E-state index contributed by atoms with van der Waals surface area (Å²) in [6, 6.07) is 8.66. The molecule has 1 aromatic carbocycles. The highest BCUT2D eigenvalue weighted by Crippen LogP contribution is 2.37. The first-order chi connectivity index (χ1) is 7.36. The van der Waals surface area contributed by atoms with E-state index in [4.69, 9.17) is 5.11 Å². The van der Waals surface area contributed by atoms with Crippen LogP contribution in [0.2, 0.25) is 0 Å². The fraction of sp³-hybridized carbons (Fsp3) is 0.417. The van der Waals surface area contributed by atoms with Crippen molar-refractivity contribution in [3.63, 3.8) is 0 Å². The lowest BCUT2D eigenvalue weighted by Crippen LogP contribution is -2.29. The Kier molecular flexibility index (Phi) is 1.99. The van der Waals surface area contributed by atoms with E-state index in [1.165, 1.54) is 5.39 Å². The Bertz CT molecular complexity index is 438. The Morgan fingerprint density at radius 2 is 2.13 bits per heavy atom. The molecule has 15 heavy (non-hydrogen) atoms. The SMILES string of the molecule is OCC1CC(n2cc3ccccc3n2)C1. The molecule has 0 spiro atoms. The Morgan fingerprint density at radius 3 is 2.87 bits per heavy atom. The molecule has 3 rings (SSSR count). The van der Waals surface area contributed by atoms with Gasteiger partial charge >= 0.3 is 0 Å². The summed E-state index contributed by atoms with van der Waals surface area (Å²) in [5.41, 5.74) is 1.06. The average Bonchev–Trinajstić information content (AvgIpc) is 2.59. The fourth-order valence-corrected chi connectivity index (χ4v) is 2.24. The second-order valence-electron chi connectivity index (χ2n) is 4.34. The highest BCUT2D eigenvalue weighted by molar-refractivity contribution is 5.77. The van der Waals surface area contributed by atoms with Crippen LogP contribution in [0, 0.1) is 5.92 Å². The normalized spacial score (nSPS) is 25.4. The summed E-state index contributed by atoms with van der Waals surface area (Å²) in [5, 5.41) is 14.7. The number of aromatic nitrogens is 2. The minimum atomic E-state index is 0.317. The molecular formula is C12H14N2O. The predicted molar refractivity (Wildman–Crippen MR) is 58.6 cm³/mol. The van der Waals surface area contributed by atoms with Crippen molar-refractivity contribution in [1.29, 1.82) is 0 Å². The van der Waals surface area contributed by atoms with E-state index in [9.17, 15) is 0 Å². The van der Waals surface area contributed by atoms with Crippen LogP contribution in [0.25, 0.3) is 10.9 Å². The van der Waals surface area contributed by atoms with E-state index in [0.717, 1.165) is 18.4 Å². The molecule has 0 unspecified atom stereocenters. The molecule has 0 atom stereocenters. The maximum atomic E-state index is 8.96. The maximum Gasteiger partial charge on any atom is 0.0923 e. The van der Waals surface area contributed by atoms with Gasteiger partial charge in [-0.3, -0.25) is 4.68 Å². The van der Waals surface area contributed by atoms with Crippen LogP contribution in [0.5, 0.6) is 0 Å². The van der Waals surface area contributed by atoms with Crippen LogP contribution in [0.15, 0.2) is 30.5 Å². The number of fused-ring (bicyclic) bond motifs is 1. The Morgan fingerprint density at radius 1 is 1.33 bits per heavy atom. The molecule has 3 nitrogen and oxygen atoms in total. The minimum Gasteiger partial charge on any atom is -0.396 e. The summed E-state index contributed by atoms with van der Waals surface area (Å²) in [7, 11) is 0. The standard InChI is InChI=1S/C12H14N2O/c15-8-9-5-11(6-9)14-7-10-3-1-2-4-12(10)13-14/h1-4,7,9,11,15H,5-6,8H2. The molecule has 1 aliphatic carbocycles. The maximum absolute atomic E-state index is 8.96. The van der Waals surface area contributed by atoms with Crippen LogP contribution < -0.4 is 0 Å². The first kappa shape index (κ1) is 8.92. The number of benzene rings is 1. The zero-order chi connectivity index (χ0) is 10.3. The highest BCUT2D eigenvalue weighted by Gasteiger charge is 2.30. The van der Waals surface area contributed by atoms with Gasteiger partial charge in [-0.2, -0.15) is 5.10 Å². The van der Waals surface area contributed by atoms with E-state index in [0.29, 0.717) is 18.6 Å². The number of nitrogens with zero attached hydrogens (tertiary/aromatic N) is 2. The average molecular weight is 202 g/mol. The highest BCUT2D eigenvalue weighted by atomic mass is 16.3. The predicted octanol–water partition coefficient (Wildman–Crippen LogP) is 1.98. The van der Waals surface area contributed by atoms with Crippen molar-refractivity contribution in [3.05, 3.63) is 30.5 Å². The zero-order valence-electron chi connectivity index (χ0n) is 8.50. The van der Waals surface area contributed by atoms with E-state index in [2.05, 4.69) is 22.0 Å². The topological polar surface area (TPSA) is 38.0 Å². The molecule has 0 bridgehead atoms. The van der Waals surface area contributed by atoms with E-state index in [1.54, 1.807) is 0 Å². The second kappa shape index (κ2) is 3.35. The lowest BCUT2D eigenvalue weighted by Gasteiger charge is -2.33. The second-order valence-corrected chi connectivity index (χ2v) is 4.34. The smallest absolute Gasteiger partial charge is 0.0923 e. The van der Waals surface area contributed by atoms with Gasteiger partial charge < -0.3 is 5.11 Å². The van der Waals surface area contributed by atoms with Crippen molar-refractivity contribution >= 4 is 10.9 Å². The molecule has 3 heteroatoms. The molecule has 0 amide bonds. The van der Waals surface area contributed by atoms with E-state index >= 15 is 0 Å². The molecular weight excluding hydrogens is 188 g/mol. The van der Waals surface area contributed by atoms with Gasteiger partial charge in [0.05, 0.1) is 11.6 Å². The molecule has 78 valence electrons. The first-order valence-electron chi connectivity index (χ1n) is 5.41. The summed E-state index contributed by atoms with van der Waals surface area (Å²) >= 11 is 0. The molecule has 0 radical (unpaired) electrons. The van der Waals surface area contributed by atoms with Crippen molar-refractivity contribution in [2.45, 2.75) is 18.9 Å². The molecule has 1 saturated carbocycles. The van der Waals surface area contributed by atoms with Crippen molar-refractivity contribution < 1.29 is 5.11 Å². The lowest BCUT2D eigenvalue weighted by atomic mass is 9.81. The first-order valence-corrected chi connectivity index (χ1v) is 5.41. The van der Waals surface area contributed by atoms with Gasteiger partial charge in [-0.15, -0.1) is 0 Å². The van der Waals surface area contributed by atoms with Crippen LogP contribution >= 0.6 is 0 Å². The minimum absolute atomic E-state index is 0.317. The summed E-state index contributed by atoms with van der Waals surface area (Å²) in [6.45, 7) is 0.317. The van der Waals surface area contributed by atoms with Gasteiger partial charge in [-0.25, -0.2) is 0 Å². The summed E-state index contributed by atoms with van der Waals surface area (Å²) < 4.78 is 2.05. The van der Waals surface area contributed by atoms with Crippen LogP contribution in [0.3, 0.4) is 0 Å². The van der Waals surface area contributed by atoms with Gasteiger partial charge in [-0.05, 0) is 24.8 Å². The molecule has 2 aromatic rings. The molecule has 1 fully saturated rings. The molecule has 1 N–H and O–H groups in total. The van der Waals surface area contributed by atoms with Gasteiger partial charge in [0.1, 0.15) is 0 Å². The number of aliphatic hydroxyl groups is 1. The van der Waals surface area contributed by atoms with Gasteiger partial charge in [0.25, 0.3) is 0 Å². The summed E-state index contributed by atoms with van der Waals surface area (Å²) in [5.74, 6) is 0.488. The van der Waals surface area contributed by atoms with Gasteiger partial charge in [0.2, 0.25) is 0 Å². The van der Waals surface area contributed by atoms with Crippen molar-refractivity contribution in [2.75, 3.05) is 6.61 Å².